The highest BCUT2D eigenvalue weighted by Gasteiger charge is 2.27. The van der Waals surface area contributed by atoms with Crippen molar-refractivity contribution in [1.82, 2.24) is 0 Å². The van der Waals surface area contributed by atoms with E-state index in [-0.39, 0.29) is 11.7 Å². The summed E-state index contributed by atoms with van der Waals surface area (Å²) in [7, 11) is 0. The number of carboxylic acid groups (broad SMARTS) is 1. The summed E-state index contributed by atoms with van der Waals surface area (Å²) in [5.41, 5.74) is 2.12. The molecule has 0 heterocycles. The number of phenols is 1. The van der Waals surface area contributed by atoms with Crippen molar-refractivity contribution in [3.8, 4) is 5.75 Å². The van der Waals surface area contributed by atoms with Gasteiger partial charge >= 0.3 is 12.1 Å². The van der Waals surface area contributed by atoms with Crippen LogP contribution in [-0.4, -0.2) is 22.3 Å². The third-order valence-electron chi connectivity index (χ3n) is 4.46. The summed E-state index contributed by atoms with van der Waals surface area (Å²) in [6.07, 6.45) is 2.28. The molecule has 160 valence electrons. The smallest absolute Gasteiger partial charge is 0.412 e. The lowest BCUT2D eigenvalue weighted by atomic mass is 9.92. The maximum atomic E-state index is 12.6. The average Bonchev–Trinajstić information content (AvgIpc) is 2.68. The number of nitrogens with one attached hydrogen (secondary N) is 1. The molecule has 0 aliphatic rings. The van der Waals surface area contributed by atoms with Crippen molar-refractivity contribution < 1.29 is 24.5 Å². The maximum Gasteiger partial charge on any atom is 0.412 e. The molecule has 0 fully saturated rings. The Bertz CT molecular complexity index is 928. The average molecular weight is 541 g/mol. The first-order valence-electron chi connectivity index (χ1n) is 9.29. The molecule has 0 unspecified atom stereocenters. The molecular formula is C22H23Br2NO5. The van der Waals surface area contributed by atoms with Crippen LogP contribution in [0, 0.1) is 12.8 Å². The van der Waals surface area contributed by atoms with Gasteiger partial charge in [0.15, 0.2) is 0 Å². The van der Waals surface area contributed by atoms with E-state index in [0.29, 0.717) is 33.0 Å². The van der Waals surface area contributed by atoms with E-state index >= 15 is 0 Å². The van der Waals surface area contributed by atoms with E-state index in [1.807, 2.05) is 26.0 Å². The van der Waals surface area contributed by atoms with E-state index in [4.69, 9.17) is 9.84 Å². The van der Waals surface area contributed by atoms with E-state index < -0.39 is 18.2 Å². The number of phenolic OH excluding ortho intramolecular Hbond substituents is 1. The molecule has 0 aromatic heterocycles. The van der Waals surface area contributed by atoms with Crippen LogP contribution in [-0.2, 0) is 9.53 Å². The minimum atomic E-state index is -1.01. The minimum absolute atomic E-state index is 0.0146. The Labute approximate surface area is 192 Å². The molecule has 2 aromatic rings. The van der Waals surface area contributed by atoms with Crippen LogP contribution in [0.2, 0.25) is 0 Å². The molecule has 2 atom stereocenters. The van der Waals surface area contributed by atoms with Crippen molar-refractivity contribution in [2.24, 2.45) is 5.92 Å². The molecule has 1 amide bonds. The van der Waals surface area contributed by atoms with Crippen LogP contribution in [0.3, 0.4) is 0 Å². The summed E-state index contributed by atoms with van der Waals surface area (Å²) in [6.45, 7) is 3.83. The van der Waals surface area contributed by atoms with Crippen LogP contribution in [0.5, 0.6) is 5.75 Å². The highest BCUT2D eigenvalue weighted by molar-refractivity contribution is 9.11. The second kappa shape index (κ2) is 11.2. The number of aromatic hydroxyl groups is 1. The van der Waals surface area contributed by atoms with E-state index in [0.717, 1.165) is 11.6 Å². The monoisotopic (exact) mass is 539 g/mol. The van der Waals surface area contributed by atoms with Gasteiger partial charge in [-0.15, -0.1) is 0 Å². The van der Waals surface area contributed by atoms with Crippen molar-refractivity contribution in [2.45, 2.75) is 32.8 Å². The molecule has 0 bridgehead atoms. The standard InChI is InChI=1S/C22H23Br2NO5/c1-13-7-9-16(10-8-13)25-22(29)30-21(14(2)5-3-4-6-19(26)27)17-11-15(23)12-18(24)20(17)28/h4,6-12,14,21,28H,3,5H2,1-2H3,(H,25,29)(H,26,27)/b6-4+/t14-,21+/m1/s1. The first-order chi connectivity index (χ1) is 14.2. The highest BCUT2D eigenvalue weighted by atomic mass is 79.9. The number of benzene rings is 2. The van der Waals surface area contributed by atoms with Crippen LogP contribution >= 0.6 is 31.9 Å². The predicted molar refractivity (Wildman–Crippen MR) is 123 cm³/mol. The molecule has 3 N–H and O–H groups in total. The summed E-state index contributed by atoms with van der Waals surface area (Å²) in [5, 5.41) is 22.0. The van der Waals surface area contributed by atoms with Gasteiger partial charge in [0.2, 0.25) is 0 Å². The first-order valence-corrected chi connectivity index (χ1v) is 10.9. The zero-order valence-corrected chi connectivity index (χ0v) is 19.7. The number of aliphatic carboxylic acids is 1. The normalized spacial score (nSPS) is 13.1. The number of rotatable bonds is 8. The fourth-order valence-corrected chi connectivity index (χ4v) is 4.14. The summed E-state index contributed by atoms with van der Waals surface area (Å²) >= 11 is 6.71. The molecule has 0 radical (unpaired) electrons. The number of carboxylic acids is 1. The largest absolute Gasteiger partial charge is 0.506 e. The summed E-state index contributed by atoms with van der Waals surface area (Å²) in [6, 6.07) is 10.7. The van der Waals surface area contributed by atoms with Gasteiger partial charge in [0.25, 0.3) is 0 Å². The second-order valence-corrected chi connectivity index (χ2v) is 8.71. The number of hydrogen-bond donors (Lipinski definition) is 3. The Morgan fingerprint density at radius 1 is 1.20 bits per heavy atom. The predicted octanol–water partition coefficient (Wildman–Crippen LogP) is 6.57. The zero-order chi connectivity index (χ0) is 22.3. The molecule has 0 saturated carbocycles. The number of hydrogen-bond acceptors (Lipinski definition) is 4. The van der Waals surface area contributed by atoms with E-state index in [2.05, 4.69) is 37.2 Å². The van der Waals surface area contributed by atoms with E-state index in [1.54, 1.807) is 30.3 Å². The van der Waals surface area contributed by atoms with Gasteiger partial charge in [-0.3, -0.25) is 5.32 Å². The van der Waals surface area contributed by atoms with Gasteiger partial charge < -0.3 is 14.9 Å². The van der Waals surface area contributed by atoms with Gasteiger partial charge in [0, 0.05) is 21.8 Å². The number of anilines is 1. The van der Waals surface area contributed by atoms with Gasteiger partial charge in [-0.2, -0.15) is 0 Å². The Morgan fingerprint density at radius 3 is 2.50 bits per heavy atom. The quantitative estimate of drug-likeness (QED) is 0.329. The molecule has 2 rings (SSSR count). The van der Waals surface area contributed by atoms with Crippen LogP contribution in [0.25, 0.3) is 0 Å². The number of ether oxygens (including phenoxy) is 1. The fraction of sp³-hybridized carbons (Fsp3) is 0.273. The van der Waals surface area contributed by atoms with Crippen molar-refractivity contribution in [2.75, 3.05) is 5.32 Å². The maximum absolute atomic E-state index is 12.6. The van der Waals surface area contributed by atoms with Gasteiger partial charge in [-0.1, -0.05) is 46.6 Å². The fourth-order valence-electron chi connectivity index (χ4n) is 2.88. The Kier molecular flexibility index (Phi) is 8.92. The van der Waals surface area contributed by atoms with Crippen LogP contribution in [0.15, 0.2) is 57.5 Å². The van der Waals surface area contributed by atoms with Gasteiger partial charge in [-0.25, -0.2) is 9.59 Å². The first kappa shape index (κ1) is 24.0. The van der Waals surface area contributed by atoms with Crippen LogP contribution in [0.1, 0.15) is 37.0 Å². The van der Waals surface area contributed by atoms with Crippen LogP contribution in [0.4, 0.5) is 10.5 Å². The number of aryl methyl sites for hydroxylation is 1. The van der Waals surface area contributed by atoms with Crippen molar-refractivity contribution in [3.05, 3.63) is 68.6 Å². The number of allylic oxidation sites excluding steroid dienone is 1. The molecule has 8 heteroatoms. The van der Waals surface area contributed by atoms with E-state index in [9.17, 15) is 14.7 Å². The summed E-state index contributed by atoms with van der Waals surface area (Å²) in [5.74, 6) is -1.22. The Hall–Kier alpha value is -2.32. The Balaban J connectivity index is 2.23. The lowest BCUT2D eigenvalue weighted by Gasteiger charge is -2.26. The van der Waals surface area contributed by atoms with Gasteiger partial charge in [0.05, 0.1) is 4.47 Å². The number of halogens is 2. The van der Waals surface area contributed by atoms with Crippen molar-refractivity contribution in [3.63, 3.8) is 0 Å². The number of carbonyl (C=O) groups is 2. The third-order valence-corrected chi connectivity index (χ3v) is 5.52. The number of carbonyl (C=O) groups excluding carboxylic acids is 1. The third kappa shape index (κ3) is 7.18. The highest BCUT2D eigenvalue weighted by Crippen LogP contribution is 2.40. The van der Waals surface area contributed by atoms with Crippen molar-refractivity contribution in [1.29, 1.82) is 0 Å². The molecule has 0 saturated heterocycles. The Morgan fingerprint density at radius 2 is 1.87 bits per heavy atom. The summed E-state index contributed by atoms with van der Waals surface area (Å²) in [4.78, 5) is 23.2. The lowest BCUT2D eigenvalue weighted by Crippen LogP contribution is -2.22. The zero-order valence-electron chi connectivity index (χ0n) is 16.6. The lowest BCUT2D eigenvalue weighted by molar-refractivity contribution is -0.131. The SMILES string of the molecule is Cc1ccc(NC(=O)O[C@H](c2cc(Br)cc(Br)c2O)[C@H](C)CC/C=C/C(=O)O)cc1. The van der Waals surface area contributed by atoms with Gasteiger partial charge in [-0.05, 0) is 65.9 Å². The molecule has 0 spiro atoms. The van der Waals surface area contributed by atoms with Crippen molar-refractivity contribution >= 4 is 49.6 Å². The molecular weight excluding hydrogens is 518 g/mol. The van der Waals surface area contributed by atoms with Crippen LogP contribution < -0.4 is 5.32 Å². The second-order valence-electron chi connectivity index (χ2n) is 6.94. The van der Waals surface area contributed by atoms with E-state index in [1.165, 1.54) is 0 Å². The van der Waals surface area contributed by atoms with Gasteiger partial charge in [0.1, 0.15) is 11.9 Å². The molecule has 30 heavy (non-hydrogen) atoms. The number of amides is 1. The topological polar surface area (TPSA) is 95.9 Å². The molecule has 0 aliphatic heterocycles. The minimum Gasteiger partial charge on any atom is -0.506 e. The molecule has 0 aliphatic carbocycles. The summed E-state index contributed by atoms with van der Waals surface area (Å²) < 4.78 is 6.89. The molecule has 6 nitrogen and oxygen atoms in total. The molecule has 2 aromatic carbocycles.